The lowest BCUT2D eigenvalue weighted by molar-refractivity contribution is 1.17. The first-order valence-corrected chi connectivity index (χ1v) is 6.15. The molecule has 1 aromatic carbocycles. The number of rotatable bonds is 2. The van der Waals surface area contributed by atoms with Crippen LogP contribution in [0.2, 0.25) is 0 Å². The van der Waals surface area contributed by atoms with Gasteiger partial charge in [0.25, 0.3) is 0 Å². The van der Waals surface area contributed by atoms with Gasteiger partial charge in [-0.2, -0.15) is 0 Å². The zero-order valence-corrected chi connectivity index (χ0v) is 10.8. The Balaban J connectivity index is 0. The van der Waals surface area contributed by atoms with Crippen LogP contribution in [0.15, 0.2) is 30.3 Å². The Kier molecular flexibility index (Phi) is 16.6. The lowest BCUT2D eigenvalue weighted by atomic mass is 10.2. The quantitative estimate of drug-likeness (QED) is 0.664. The summed E-state index contributed by atoms with van der Waals surface area (Å²) in [5.74, 6) is 0. The SMILES string of the molecule is BrCCc1ccccc1.CC.CC. The van der Waals surface area contributed by atoms with Crippen LogP contribution in [-0.4, -0.2) is 5.33 Å². The van der Waals surface area contributed by atoms with Crippen molar-refractivity contribution in [2.24, 2.45) is 0 Å². The maximum Gasteiger partial charge on any atom is 0.00718 e. The molecule has 1 rings (SSSR count). The second kappa shape index (κ2) is 14.2. The summed E-state index contributed by atoms with van der Waals surface area (Å²) in [6, 6.07) is 10.5. The highest BCUT2D eigenvalue weighted by Crippen LogP contribution is 2.00. The van der Waals surface area contributed by atoms with Crippen molar-refractivity contribution >= 4 is 15.9 Å². The number of halogens is 1. The fraction of sp³-hybridized carbons (Fsp3) is 0.500. The molecule has 0 aliphatic heterocycles. The summed E-state index contributed by atoms with van der Waals surface area (Å²) in [5.41, 5.74) is 1.40. The van der Waals surface area contributed by atoms with Gasteiger partial charge in [0, 0.05) is 5.33 Å². The molecule has 0 spiro atoms. The maximum absolute atomic E-state index is 3.39. The lowest BCUT2D eigenvalue weighted by Gasteiger charge is -1.92. The Morgan fingerprint density at radius 2 is 1.38 bits per heavy atom. The van der Waals surface area contributed by atoms with E-state index in [1.807, 2.05) is 33.8 Å². The molecule has 0 aliphatic carbocycles. The van der Waals surface area contributed by atoms with E-state index in [2.05, 4.69) is 40.2 Å². The van der Waals surface area contributed by atoms with E-state index in [4.69, 9.17) is 0 Å². The summed E-state index contributed by atoms with van der Waals surface area (Å²) in [6.45, 7) is 8.00. The van der Waals surface area contributed by atoms with Gasteiger partial charge in [0.05, 0.1) is 0 Å². The predicted octanol–water partition coefficient (Wildman–Crippen LogP) is 4.68. The van der Waals surface area contributed by atoms with Gasteiger partial charge in [-0.3, -0.25) is 0 Å². The van der Waals surface area contributed by atoms with E-state index in [0.29, 0.717) is 0 Å². The molecule has 1 aromatic rings. The summed E-state index contributed by atoms with van der Waals surface area (Å²) in [4.78, 5) is 0. The van der Waals surface area contributed by atoms with E-state index >= 15 is 0 Å². The van der Waals surface area contributed by atoms with Crippen molar-refractivity contribution in [2.45, 2.75) is 34.1 Å². The maximum atomic E-state index is 3.39. The molecule has 0 atom stereocenters. The van der Waals surface area contributed by atoms with Gasteiger partial charge in [-0.25, -0.2) is 0 Å². The van der Waals surface area contributed by atoms with Crippen molar-refractivity contribution in [3.63, 3.8) is 0 Å². The number of benzene rings is 1. The first-order chi connectivity index (χ1) is 6.43. The van der Waals surface area contributed by atoms with Gasteiger partial charge in [-0.1, -0.05) is 74.0 Å². The molecule has 13 heavy (non-hydrogen) atoms. The number of hydrogen-bond acceptors (Lipinski definition) is 0. The summed E-state index contributed by atoms with van der Waals surface area (Å²) in [6.07, 6.45) is 1.13. The smallest absolute Gasteiger partial charge is 0.00718 e. The number of hydrogen-bond donors (Lipinski definition) is 0. The van der Waals surface area contributed by atoms with Crippen molar-refractivity contribution in [1.29, 1.82) is 0 Å². The third kappa shape index (κ3) is 9.62. The second-order valence-electron chi connectivity index (χ2n) is 1.92. The Labute approximate surface area is 91.5 Å². The molecule has 0 N–H and O–H groups in total. The molecule has 0 amide bonds. The van der Waals surface area contributed by atoms with Gasteiger partial charge in [-0.05, 0) is 12.0 Å². The van der Waals surface area contributed by atoms with Crippen LogP contribution in [0.5, 0.6) is 0 Å². The third-order valence-corrected chi connectivity index (χ3v) is 1.62. The fourth-order valence-corrected chi connectivity index (χ4v) is 1.21. The highest BCUT2D eigenvalue weighted by molar-refractivity contribution is 9.09. The zero-order valence-electron chi connectivity index (χ0n) is 9.18. The van der Waals surface area contributed by atoms with Crippen LogP contribution < -0.4 is 0 Å². The Morgan fingerprint density at radius 1 is 0.923 bits per heavy atom. The molecule has 0 unspecified atom stereocenters. The van der Waals surface area contributed by atoms with Crippen molar-refractivity contribution in [3.8, 4) is 0 Å². The monoisotopic (exact) mass is 244 g/mol. The van der Waals surface area contributed by atoms with Crippen LogP contribution in [0.4, 0.5) is 0 Å². The molecule has 0 saturated heterocycles. The highest BCUT2D eigenvalue weighted by Gasteiger charge is 1.85. The summed E-state index contributed by atoms with van der Waals surface area (Å²) in [5, 5.41) is 1.05. The van der Waals surface area contributed by atoms with Gasteiger partial charge >= 0.3 is 0 Å². The van der Waals surface area contributed by atoms with Gasteiger partial charge in [0.2, 0.25) is 0 Å². The minimum Gasteiger partial charge on any atom is -0.0924 e. The van der Waals surface area contributed by atoms with Gasteiger partial charge < -0.3 is 0 Å². The normalized spacial score (nSPS) is 7.46. The van der Waals surface area contributed by atoms with Crippen LogP contribution in [0, 0.1) is 0 Å². The van der Waals surface area contributed by atoms with Gasteiger partial charge in [-0.15, -0.1) is 0 Å². The van der Waals surface area contributed by atoms with Crippen LogP contribution in [0.3, 0.4) is 0 Å². The Hall–Kier alpha value is -0.300. The van der Waals surface area contributed by atoms with Crippen molar-refractivity contribution in [2.75, 3.05) is 5.33 Å². The molecule has 76 valence electrons. The Morgan fingerprint density at radius 3 is 1.77 bits per heavy atom. The van der Waals surface area contributed by atoms with E-state index in [1.165, 1.54) is 5.56 Å². The van der Waals surface area contributed by atoms with E-state index < -0.39 is 0 Å². The summed E-state index contributed by atoms with van der Waals surface area (Å²) < 4.78 is 0. The lowest BCUT2D eigenvalue weighted by Crippen LogP contribution is -1.82. The minimum atomic E-state index is 1.05. The average Bonchev–Trinajstić information content (AvgIpc) is 2.26. The molecule has 0 bridgehead atoms. The van der Waals surface area contributed by atoms with Crippen molar-refractivity contribution < 1.29 is 0 Å². The summed E-state index contributed by atoms with van der Waals surface area (Å²) >= 11 is 3.39. The number of alkyl halides is 1. The standard InChI is InChI=1S/C8H9Br.2C2H6/c9-7-6-8-4-2-1-3-5-8;2*1-2/h1-5H,6-7H2;2*1-2H3. The molecule has 0 radical (unpaired) electrons. The highest BCUT2D eigenvalue weighted by atomic mass is 79.9. The van der Waals surface area contributed by atoms with Crippen molar-refractivity contribution in [1.82, 2.24) is 0 Å². The van der Waals surface area contributed by atoms with E-state index in [1.54, 1.807) is 0 Å². The largest absolute Gasteiger partial charge is 0.0924 e. The van der Waals surface area contributed by atoms with Crippen LogP contribution in [-0.2, 0) is 6.42 Å². The van der Waals surface area contributed by atoms with Gasteiger partial charge in [0.15, 0.2) is 0 Å². The second-order valence-corrected chi connectivity index (χ2v) is 2.72. The topological polar surface area (TPSA) is 0 Å². The van der Waals surface area contributed by atoms with E-state index in [0.717, 1.165) is 11.8 Å². The molecule has 0 aromatic heterocycles. The molecule has 0 nitrogen and oxygen atoms in total. The van der Waals surface area contributed by atoms with Crippen LogP contribution in [0.25, 0.3) is 0 Å². The fourth-order valence-electron chi connectivity index (χ4n) is 0.754. The molecule has 0 saturated carbocycles. The Bertz CT molecular complexity index is 158. The molecule has 0 heterocycles. The average molecular weight is 245 g/mol. The zero-order chi connectivity index (χ0) is 10.5. The molecule has 0 fully saturated rings. The van der Waals surface area contributed by atoms with Gasteiger partial charge in [0.1, 0.15) is 0 Å². The van der Waals surface area contributed by atoms with Crippen LogP contribution in [0.1, 0.15) is 33.3 Å². The van der Waals surface area contributed by atoms with E-state index in [9.17, 15) is 0 Å². The molecular weight excluding hydrogens is 224 g/mol. The van der Waals surface area contributed by atoms with Crippen LogP contribution >= 0.6 is 15.9 Å². The molecular formula is C12H21Br. The third-order valence-electron chi connectivity index (χ3n) is 1.23. The van der Waals surface area contributed by atoms with Crippen molar-refractivity contribution in [3.05, 3.63) is 35.9 Å². The molecule has 0 aliphatic rings. The predicted molar refractivity (Wildman–Crippen MR) is 66.6 cm³/mol. The minimum absolute atomic E-state index is 1.05. The summed E-state index contributed by atoms with van der Waals surface area (Å²) in [7, 11) is 0. The van der Waals surface area contributed by atoms with E-state index in [-0.39, 0.29) is 0 Å². The molecule has 1 heteroatoms. The number of aryl methyl sites for hydroxylation is 1. The first kappa shape index (κ1) is 15.2. The first-order valence-electron chi connectivity index (χ1n) is 5.03.